The molecule has 196 valence electrons. The van der Waals surface area contributed by atoms with E-state index in [1.165, 1.54) is 49.9 Å². The Morgan fingerprint density at radius 3 is 2.35 bits per heavy atom. The third-order valence-corrected chi connectivity index (χ3v) is 7.66. The molecule has 0 radical (unpaired) electrons. The second-order valence-electron chi connectivity index (χ2n) is 10.7. The summed E-state index contributed by atoms with van der Waals surface area (Å²) < 4.78 is 5.50. The molecule has 0 atom stereocenters. The molecule has 2 fully saturated rings. The molecular weight excluding hydrogens is 462 g/mol. The number of aromatic nitrogens is 2. The Labute approximate surface area is 220 Å². The van der Waals surface area contributed by atoms with Crippen molar-refractivity contribution in [3.8, 4) is 11.4 Å². The highest BCUT2D eigenvalue weighted by Gasteiger charge is 2.26. The van der Waals surface area contributed by atoms with Crippen molar-refractivity contribution < 1.29 is 9.32 Å². The van der Waals surface area contributed by atoms with E-state index in [2.05, 4.69) is 68.6 Å². The minimum absolute atomic E-state index is 0.0594. The van der Waals surface area contributed by atoms with Gasteiger partial charge in [0.05, 0.1) is 6.54 Å². The Bertz CT molecular complexity index is 1140. The molecule has 3 aromatic rings. The molecule has 0 unspecified atom stereocenters. The fraction of sp³-hybridized carbons (Fsp3) is 0.500. The predicted octanol–water partition coefficient (Wildman–Crippen LogP) is 4.95. The van der Waals surface area contributed by atoms with Crippen LogP contribution >= 0.6 is 0 Å². The number of carbonyl (C=O) groups excluding carboxylic acids is 1. The first-order valence-corrected chi connectivity index (χ1v) is 13.8. The van der Waals surface area contributed by atoms with Gasteiger partial charge >= 0.3 is 0 Å². The molecule has 0 spiro atoms. The third kappa shape index (κ3) is 7.27. The number of nitrogens with one attached hydrogen (secondary N) is 1. The van der Waals surface area contributed by atoms with E-state index < -0.39 is 0 Å². The van der Waals surface area contributed by atoms with Crippen LogP contribution in [0, 0.1) is 12.8 Å². The first-order chi connectivity index (χ1) is 18.1. The Morgan fingerprint density at radius 2 is 1.62 bits per heavy atom. The molecule has 3 heterocycles. The van der Waals surface area contributed by atoms with E-state index in [1.807, 2.05) is 12.1 Å². The molecule has 0 saturated carbocycles. The van der Waals surface area contributed by atoms with Crippen LogP contribution in [-0.4, -0.2) is 52.0 Å². The van der Waals surface area contributed by atoms with Gasteiger partial charge in [-0.2, -0.15) is 4.98 Å². The second kappa shape index (κ2) is 12.5. The lowest BCUT2D eigenvalue weighted by atomic mass is 9.96. The van der Waals surface area contributed by atoms with E-state index in [0.717, 1.165) is 43.6 Å². The smallest absolute Gasteiger partial charge is 0.241 e. The molecule has 2 saturated heterocycles. The molecule has 2 aliphatic rings. The number of carbonyl (C=O) groups is 1. The normalized spacial score (nSPS) is 18.0. The number of hydrogen-bond donors (Lipinski definition) is 1. The minimum Gasteiger partial charge on any atom is -0.352 e. The summed E-state index contributed by atoms with van der Waals surface area (Å²) in [7, 11) is 0. The number of hydrogen-bond acceptors (Lipinski definition) is 6. The van der Waals surface area contributed by atoms with Gasteiger partial charge < -0.3 is 9.84 Å². The highest BCUT2D eigenvalue weighted by atomic mass is 16.5. The second-order valence-corrected chi connectivity index (χ2v) is 10.7. The molecule has 0 aliphatic carbocycles. The highest BCUT2D eigenvalue weighted by molar-refractivity contribution is 5.78. The lowest BCUT2D eigenvalue weighted by Crippen LogP contribution is -2.40. The van der Waals surface area contributed by atoms with Crippen molar-refractivity contribution in [1.29, 1.82) is 0 Å². The van der Waals surface area contributed by atoms with Gasteiger partial charge in [-0.25, -0.2) is 0 Å². The van der Waals surface area contributed by atoms with Crippen molar-refractivity contribution in [3.63, 3.8) is 0 Å². The van der Waals surface area contributed by atoms with Gasteiger partial charge in [-0.3, -0.25) is 14.6 Å². The van der Waals surface area contributed by atoms with Crippen molar-refractivity contribution in [3.05, 3.63) is 71.1 Å². The molecule has 1 amide bonds. The summed E-state index contributed by atoms with van der Waals surface area (Å²) in [4.78, 5) is 22.2. The number of likely N-dealkylation sites (tertiary alicyclic amines) is 2. The summed E-state index contributed by atoms with van der Waals surface area (Å²) >= 11 is 0. The number of aryl methyl sites for hydroxylation is 1. The summed E-state index contributed by atoms with van der Waals surface area (Å²) in [5.74, 6) is 1.47. The van der Waals surface area contributed by atoms with E-state index in [1.54, 1.807) is 0 Å². The Balaban J connectivity index is 1.03. The van der Waals surface area contributed by atoms with E-state index >= 15 is 0 Å². The van der Waals surface area contributed by atoms with Gasteiger partial charge in [-0.15, -0.1) is 0 Å². The van der Waals surface area contributed by atoms with E-state index in [9.17, 15) is 4.79 Å². The maximum atomic E-state index is 12.8. The predicted molar refractivity (Wildman–Crippen MR) is 145 cm³/mol. The van der Waals surface area contributed by atoms with Crippen molar-refractivity contribution in [2.45, 2.75) is 65.1 Å². The zero-order valence-electron chi connectivity index (χ0n) is 22.0. The van der Waals surface area contributed by atoms with Gasteiger partial charge in [0.1, 0.15) is 0 Å². The molecule has 7 nitrogen and oxygen atoms in total. The molecule has 2 aromatic carbocycles. The Hall–Kier alpha value is -3.03. The largest absolute Gasteiger partial charge is 0.352 e. The van der Waals surface area contributed by atoms with Gasteiger partial charge in [0.25, 0.3) is 0 Å². The van der Waals surface area contributed by atoms with E-state index in [-0.39, 0.29) is 11.8 Å². The zero-order chi connectivity index (χ0) is 25.5. The first kappa shape index (κ1) is 25.6. The summed E-state index contributed by atoms with van der Waals surface area (Å²) in [6, 6.07) is 16.9. The SMILES string of the molecule is Cc1cccc(-c2noc(CN3CCC(C(=O)NCc4ccc(CN5CCCCCC5)cc4)CC3)n2)c1. The average Bonchev–Trinajstić information content (AvgIpc) is 3.23. The van der Waals surface area contributed by atoms with Crippen molar-refractivity contribution in [1.82, 2.24) is 25.3 Å². The van der Waals surface area contributed by atoms with E-state index in [4.69, 9.17) is 4.52 Å². The molecule has 2 aliphatic heterocycles. The Kier molecular flexibility index (Phi) is 8.64. The molecule has 1 aromatic heterocycles. The maximum Gasteiger partial charge on any atom is 0.241 e. The van der Waals surface area contributed by atoms with Crippen LogP contribution in [-0.2, 0) is 24.4 Å². The van der Waals surface area contributed by atoms with Crippen LogP contribution < -0.4 is 5.32 Å². The molecule has 1 N–H and O–H groups in total. The summed E-state index contributed by atoms with van der Waals surface area (Å²) in [5.41, 5.74) is 4.66. The van der Waals surface area contributed by atoms with Gasteiger partial charge in [0.2, 0.25) is 17.6 Å². The first-order valence-electron chi connectivity index (χ1n) is 13.8. The van der Waals surface area contributed by atoms with Crippen LogP contribution in [0.1, 0.15) is 61.1 Å². The highest BCUT2D eigenvalue weighted by Crippen LogP contribution is 2.21. The maximum absolute atomic E-state index is 12.8. The lowest BCUT2D eigenvalue weighted by molar-refractivity contribution is -0.126. The fourth-order valence-electron chi connectivity index (χ4n) is 5.41. The van der Waals surface area contributed by atoms with Gasteiger partial charge in [-0.05, 0) is 76.0 Å². The number of nitrogens with zero attached hydrogens (tertiary/aromatic N) is 4. The number of benzene rings is 2. The van der Waals surface area contributed by atoms with Crippen LogP contribution in [0.3, 0.4) is 0 Å². The van der Waals surface area contributed by atoms with Crippen LogP contribution in [0.5, 0.6) is 0 Å². The molecule has 5 rings (SSSR count). The van der Waals surface area contributed by atoms with Gasteiger partial charge in [0.15, 0.2) is 0 Å². The topological polar surface area (TPSA) is 74.5 Å². The third-order valence-electron chi connectivity index (χ3n) is 7.66. The van der Waals surface area contributed by atoms with Crippen molar-refractivity contribution >= 4 is 5.91 Å². The van der Waals surface area contributed by atoms with Crippen molar-refractivity contribution in [2.24, 2.45) is 5.92 Å². The number of piperidine rings is 1. The lowest BCUT2D eigenvalue weighted by Gasteiger charge is -2.30. The average molecular weight is 502 g/mol. The van der Waals surface area contributed by atoms with Crippen LogP contribution in [0.2, 0.25) is 0 Å². The zero-order valence-corrected chi connectivity index (χ0v) is 22.0. The summed E-state index contributed by atoms with van der Waals surface area (Å²) in [5, 5.41) is 7.31. The van der Waals surface area contributed by atoms with Gasteiger partial charge in [-0.1, -0.05) is 66.0 Å². The quantitative estimate of drug-likeness (QED) is 0.471. The summed E-state index contributed by atoms with van der Waals surface area (Å²) in [6.07, 6.45) is 7.05. The summed E-state index contributed by atoms with van der Waals surface area (Å²) in [6.45, 7) is 8.42. The minimum atomic E-state index is 0.0594. The number of amides is 1. The standard InChI is InChI=1S/C30H39N5O2/c1-23-7-6-8-27(19-23)29-32-28(37-33-29)22-35-17-13-26(14-18-35)30(36)31-20-24-9-11-25(12-10-24)21-34-15-4-2-3-5-16-34/h6-12,19,26H,2-5,13-18,20-22H2,1H3,(H,31,36). The van der Waals surface area contributed by atoms with Crippen LogP contribution in [0.25, 0.3) is 11.4 Å². The van der Waals surface area contributed by atoms with Crippen LogP contribution in [0.15, 0.2) is 53.1 Å². The van der Waals surface area contributed by atoms with Gasteiger partial charge in [0, 0.05) is 24.6 Å². The molecule has 37 heavy (non-hydrogen) atoms. The number of rotatable bonds is 8. The monoisotopic (exact) mass is 501 g/mol. The molecular formula is C30H39N5O2. The molecule has 7 heteroatoms. The fourth-order valence-corrected chi connectivity index (χ4v) is 5.41. The van der Waals surface area contributed by atoms with E-state index in [0.29, 0.717) is 24.8 Å². The molecule has 0 bridgehead atoms. The van der Waals surface area contributed by atoms with Crippen LogP contribution in [0.4, 0.5) is 0 Å². The Morgan fingerprint density at radius 1 is 0.919 bits per heavy atom. The van der Waals surface area contributed by atoms with Crippen molar-refractivity contribution in [2.75, 3.05) is 26.2 Å².